The van der Waals surface area contributed by atoms with Gasteiger partial charge in [-0.15, -0.1) is 0 Å². The van der Waals surface area contributed by atoms with Gasteiger partial charge in [-0.25, -0.2) is 4.79 Å². The van der Waals surface area contributed by atoms with Crippen LogP contribution in [0.5, 0.6) is 5.75 Å². The number of hydrogen-bond donors (Lipinski definition) is 2. The van der Waals surface area contributed by atoms with E-state index in [1.54, 1.807) is 6.07 Å². The van der Waals surface area contributed by atoms with Crippen LogP contribution in [0, 0.1) is 18.3 Å². The largest absolute Gasteiger partial charge is 0.491 e. The zero-order valence-corrected chi connectivity index (χ0v) is 21.2. The first-order valence-electron chi connectivity index (χ1n) is 12.6. The molecule has 3 aromatic rings. The van der Waals surface area contributed by atoms with Gasteiger partial charge in [-0.05, 0) is 80.1 Å². The maximum Gasteiger partial charge on any atom is 0.319 e. The van der Waals surface area contributed by atoms with Gasteiger partial charge in [0, 0.05) is 24.3 Å². The molecule has 7 heteroatoms. The lowest BCUT2D eigenvalue weighted by Crippen LogP contribution is -2.40. The molecule has 1 fully saturated rings. The van der Waals surface area contributed by atoms with Crippen LogP contribution in [0.25, 0.3) is 0 Å². The molecule has 0 bridgehead atoms. The molecular formula is C30H32N4O3. The molecule has 3 aromatic carbocycles. The number of urea groups is 1. The number of carbonyl (C=O) groups is 2. The first-order valence-corrected chi connectivity index (χ1v) is 12.6. The second-order valence-corrected chi connectivity index (χ2v) is 9.45. The highest BCUT2D eigenvalue weighted by atomic mass is 16.5. The minimum Gasteiger partial charge on any atom is -0.491 e. The second-order valence-electron chi connectivity index (χ2n) is 9.45. The molecule has 37 heavy (non-hydrogen) atoms. The Labute approximate surface area is 218 Å². The third-order valence-electron chi connectivity index (χ3n) is 6.65. The molecule has 0 aromatic heterocycles. The van der Waals surface area contributed by atoms with Gasteiger partial charge in [0.15, 0.2) is 0 Å². The zero-order valence-electron chi connectivity index (χ0n) is 21.2. The molecule has 2 N–H and O–H groups in total. The molecule has 1 heterocycles. The fourth-order valence-electron chi connectivity index (χ4n) is 4.48. The number of nitriles is 1. The number of ether oxygens (including phenoxy) is 1. The molecule has 0 saturated carbocycles. The van der Waals surface area contributed by atoms with E-state index in [2.05, 4.69) is 16.7 Å². The van der Waals surface area contributed by atoms with Crippen LogP contribution in [0.2, 0.25) is 0 Å². The highest BCUT2D eigenvalue weighted by molar-refractivity contribution is 5.97. The van der Waals surface area contributed by atoms with Gasteiger partial charge in [-0.1, -0.05) is 36.4 Å². The summed E-state index contributed by atoms with van der Waals surface area (Å²) < 4.78 is 5.70. The lowest BCUT2D eigenvalue weighted by molar-refractivity contribution is 0.0713. The molecule has 0 aliphatic carbocycles. The fraction of sp³-hybridized carbons (Fsp3) is 0.300. The van der Waals surface area contributed by atoms with Crippen molar-refractivity contribution >= 4 is 17.6 Å². The van der Waals surface area contributed by atoms with Crippen LogP contribution in [0.15, 0.2) is 72.8 Å². The molecule has 1 aliphatic heterocycles. The summed E-state index contributed by atoms with van der Waals surface area (Å²) in [4.78, 5) is 27.7. The average Bonchev–Trinajstić information content (AvgIpc) is 2.93. The van der Waals surface area contributed by atoms with Gasteiger partial charge in [0.2, 0.25) is 0 Å². The van der Waals surface area contributed by atoms with Gasteiger partial charge in [0.05, 0.1) is 17.7 Å². The van der Waals surface area contributed by atoms with Crippen LogP contribution < -0.4 is 15.4 Å². The molecule has 3 amide bonds. The molecule has 1 saturated heterocycles. The third-order valence-corrected chi connectivity index (χ3v) is 6.65. The summed E-state index contributed by atoms with van der Waals surface area (Å²) in [5, 5.41) is 14.8. The number of nitrogens with one attached hydrogen (secondary N) is 2. The minimum atomic E-state index is -0.347. The summed E-state index contributed by atoms with van der Waals surface area (Å²) >= 11 is 0. The highest BCUT2D eigenvalue weighted by Gasteiger charge is 2.25. The van der Waals surface area contributed by atoms with Gasteiger partial charge in [0.25, 0.3) is 5.91 Å². The van der Waals surface area contributed by atoms with Crippen LogP contribution in [0.4, 0.5) is 10.5 Å². The van der Waals surface area contributed by atoms with Crippen molar-refractivity contribution in [2.45, 2.75) is 38.6 Å². The summed E-state index contributed by atoms with van der Waals surface area (Å²) in [6.07, 6.45) is 1.75. The van der Waals surface area contributed by atoms with Gasteiger partial charge < -0.3 is 20.3 Å². The van der Waals surface area contributed by atoms with E-state index in [0.717, 1.165) is 24.2 Å². The van der Waals surface area contributed by atoms with Crippen molar-refractivity contribution in [1.29, 1.82) is 5.26 Å². The maximum absolute atomic E-state index is 13.2. The number of hydrogen-bond acceptors (Lipinski definition) is 4. The third kappa shape index (κ3) is 6.89. The van der Waals surface area contributed by atoms with Crippen molar-refractivity contribution in [3.63, 3.8) is 0 Å². The summed E-state index contributed by atoms with van der Waals surface area (Å²) in [5.41, 5.74) is 3.90. The smallest absolute Gasteiger partial charge is 0.319 e. The quantitative estimate of drug-likeness (QED) is 0.453. The van der Waals surface area contributed by atoms with Crippen LogP contribution in [0.1, 0.15) is 52.7 Å². The minimum absolute atomic E-state index is 0.0358. The topological polar surface area (TPSA) is 94.5 Å². The number of rotatable bonds is 7. The number of aryl methyl sites for hydroxylation is 1. The predicted octanol–water partition coefficient (Wildman–Crippen LogP) is 5.48. The van der Waals surface area contributed by atoms with Gasteiger partial charge in [-0.2, -0.15) is 5.26 Å². The monoisotopic (exact) mass is 496 g/mol. The number of carbonyl (C=O) groups excluding carboxylic acids is 2. The predicted molar refractivity (Wildman–Crippen MR) is 144 cm³/mol. The van der Waals surface area contributed by atoms with Gasteiger partial charge >= 0.3 is 6.03 Å². The Balaban J connectivity index is 1.30. The van der Waals surface area contributed by atoms with Crippen LogP contribution in [0.3, 0.4) is 0 Å². The van der Waals surface area contributed by atoms with Crippen molar-refractivity contribution in [1.82, 2.24) is 10.2 Å². The van der Waals surface area contributed by atoms with Crippen molar-refractivity contribution in [3.8, 4) is 11.8 Å². The Bertz CT molecular complexity index is 1260. The van der Waals surface area contributed by atoms with E-state index in [9.17, 15) is 9.59 Å². The average molecular weight is 497 g/mol. The van der Waals surface area contributed by atoms with Gasteiger partial charge in [-0.3, -0.25) is 4.79 Å². The zero-order chi connectivity index (χ0) is 26.2. The van der Waals surface area contributed by atoms with Crippen LogP contribution in [-0.4, -0.2) is 42.6 Å². The number of para-hydroxylation sites is 1. The number of nitrogens with zero attached hydrogens (tertiary/aromatic N) is 2. The summed E-state index contributed by atoms with van der Waals surface area (Å²) in [6, 6.07) is 24.2. The summed E-state index contributed by atoms with van der Waals surface area (Å²) in [6.45, 7) is 5.44. The number of anilines is 1. The maximum atomic E-state index is 13.2. The SMILES string of the molecule is Cc1ccc(C(=O)N2CCC(c3ccc(C#N)cc3)CC2)cc1NC(=O)NC(C)COc1ccccc1. The van der Waals surface area contributed by atoms with Crippen LogP contribution >= 0.6 is 0 Å². The Hall–Kier alpha value is -4.31. The fourth-order valence-corrected chi connectivity index (χ4v) is 4.48. The normalized spacial score (nSPS) is 14.4. The molecule has 7 nitrogen and oxygen atoms in total. The number of amides is 3. The van der Waals surface area contributed by atoms with Gasteiger partial charge in [0.1, 0.15) is 12.4 Å². The van der Waals surface area contributed by atoms with Crippen molar-refractivity contribution in [3.05, 3.63) is 95.1 Å². The second kappa shape index (κ2) is 12.1. The lowest BCUT2D eigenvalue weighted by atomic mass is 9.89. The molecule has 4 rings (SSSR count). The molecule has 0 radical (unpaired) electrons. The summed E-state index contributed by atoms with van der Waals surface area (Å²) in [5.74, 6) is 1.09. The molecule has 0 spiro atoms. The Morgan fingerprint density at radius 3 is 2.43 bits per heavy atom. The first-order chi connectivity index (χ1) is 17.9. The number of likely N-dealkylation sites (tertiary alicyclic amines) is 1. The Morgan fingerprint density at radius 1 is 1.05 bits per heavy atom. The summed E-state index contributed by atoms with van der Waals surface area (Å²) in [7, 11) is 0. The highest BCUT2D eigenvalue weighted by Crippen LogP contribution is 2.29. The van der Waals surface area contributed by atoms with E-state index in [4.69, 9.17) is 10.00 Å². The molecule has 190 valence electrons. The lowest BCUT2D eigenvalue weighted by Gasteiger charge is -2.32. The van der Waals surface area contributed by atoms with E-state index >= 15 is 0 Å². The Morgan fingerprint density at radius 2 is 1.76 bits per heavy atom. The van der Waals surface area contributed by atoms with E-state index in [1.807, 2.05) is 85.5 Å². The Kier molecular flexibility index (Phi) is 8.42. The van der Waals surface area contributed by atoms with E-state index < -0.39 is 0 Å². The standard InChI is InChI=1S/C30H32N4O3/c1-21-8-11-26(18-28(21)33-30(36)32-22(2)20-37-27-6-4-3-5-7-27)29(35)34-16-14-25(15-17-34)24-12-9-23(19-31)10-13-24/h3-13,18,22,25H,14-17,20H2,1-2H3,(H2,32,33,36). The van der Waals surface area contributed by atoms with Crippen molar-refractivity contribution < 1.29 is 14.3 Å². The van der Waals surface area contributed by atoms with E-state index in [1.165, 1.54) is 5.56 Å². The molecular weight excluding hydrogens is 464 g/mol. The van der Waals surface area contributed by atoms with Crippen molar-refractivity contribution in [2.75, 3.05) is 25.0 Å². The van der Waals surface area contributed by atoms with Crippen molar-refractivity contribution in [2.24, 2.45) is 0 Å². The molecule has 1 atom stereocenters. The molecule has 1 aliphatic rings. The van der Waals surface area contributed by atoms with Crippen LogP contribution in [-0.2, 0) is 0 Å². The molecule has 1 unspecified atom stereocenters. The number of benzene rings is 3. The first kappa shape index (κ1) is 25.8. The van der Waals surface area contributed by atoms with E-state index in [0.29, 0.717) is 42.4 Å². The van der Waals surface area contributed by atoms with E-state index in [-0.39, 0.29) is 18.0 Å². The number of piperidine rings is 1.